The van der Waals surface area contributed by atoms with Crippen molar-refractivity contribution in [2.75, 3.05) is 25.1 Å². The minimum Gasteiger partial charge on any atom is -0.396 e. The molecule has 3 N–H and O–H groups in total. The summed E-state index contributed by atoms with van der Waals surface area (Å²) in [5.41, 5.74) is 6.96. The van der Waals surface area contributed by atoms with Crippen LogP contribution in [0.4, 0.5) is 11.4 Å². The van der Waals surface area contributed by atoms with E-state index in [0.29, 0.717) is 23.3 Å². The standard InChI is InChI=1S/C12H19N3O2S/c1-8-7-10(8)14-9-5-4-6-11(12(9)13)18(16,17)15(2)3/h4-6,8,10,14H,7,13H2,1-3H3. The van der Waals surface area contributed by atoms with E-state index in [1.807, 2.05) is 6.07 Å². The Labute approximate surface area is 108 Å². The molecule has 0 radical (unpaired) electrons. The van der Waals surface area contributed by atoms with Gasteiger partial charge in [0.05, 0.1) is 11.4 Å². The summed E-state index contributed by atoms with van der Waals surface area (Å²) < 4.78 is 25.3. The molecule has 5 nitrogen and oxygen atoms in total. The second-order valence-corrected chi connectivity index (χ2v) is 7.09. The number of rotatable bonds is 4. The van der Waals surface area contributed by atoms with Crippen LogP contribution in [0, 0.1) is 5.92 Å². The Hall–Kier alpha value is -1.27. The first-order chi connectivity index (χ1) is 8.34. The van der Waals surface area contributed by atoms with Crippen LogP contribution >= 0.6 is 0 Å². The van der Waals surface area contributed by atoms with Gasteiger partial charge in [-0.15, -0.1) is 0 Å². The molecule has 0 saturated heterocycles. The normalized spacial score (nSPS) is 23.1. The molecule has 2 rings (SSSR count). The number of sulfonamides is 1. The van der Waals surface area contributed by atoms with E-state index in [4.69, 9.17) is 5.73 Å². The van der Waals surface area contributed by atoms with Crippen molar-refractivity contribution in [1.29, 1.82) is 0 Å². The summed E-state index contributed by atoms with van der Waals surface area (Å²) in [7, 11) is -0.495. The third-order valence-corrected chi connectivity index (χ3v) is 5.15. The smallest absolute Gasteiger partial charge is 0.244 e. The first kappa shape index (κ1) is 13.2. The Bertz CT molecular complexity index is 554. The number of anilines is 2. The van der Waals surface area contributed by atoms with Gasteiger partial charge >= 0.3 is 0 Å². The lowest BCUT2D eigenvalue weighted by Crippen LogP contribution is -2.23. The highest BCUT2D eigenvalue weighted by molar-refractivity contribution is 7.89. The molecule has 1 aromatic rings. The zero-order valence-corrected chi connectivity index (χ0v) is 11.7. The van der Waals surface area contributed by atoms with Crippen LogP contribution in [0.15, 0.2) is 23.1 Å². The highest BCUT2D eigenvalue weighted by atomic mass is 32.2. The molecule has 0 amide bonds. The van der Waals surface area contributed by atoms with Gasteiger partial charge in [-0.1, -0.05) is 13.0 Å². The quantitative estimate of drug-likeness (QED) is 0.809. The summed E-state index contributed by atoms with van der Waals surface area (Å²) in [4.78, 5) is 0.158. The van der Waals surface area contributed by atoms with E-state index < -0.39 is 10.0 Å². The lowest BCUT2D eigenvalue weighted by atomic mass is 10.2. The zero-order valence-electron chi connectivity index (χ0n) is 10.8. The van der Waals surface area contributed by atoms with Gasteiger partial charge in [0.2, 0.25) is 10.0 Å². The number of nitrogens with zero attached hydrogens (tertiary/aromatic N) is 1. The fourth-order valence-electron chi connectivity index (χ4n) is 1.81. The average Bonchev–Trinajstić information content (AvgIpc) is 2.97. The Kier molecular flexibility index (Phi) is 3.25. The summed E-state index contributed by atoms with van der Waals surface area (Å²) in [5.74, 6) is 0.624. The molecule has 1 aromatic carbocycles. The Morgan fingerprint density at radius 2 is 2.00 bits per heavy atom. The second kappa shape index (κ2) is 4.44. The number of para-hydroxylation sites is 1. The fourth-order valence-corrected chi connectivity index (χ4v) is 2.85. The van der Waals surface area contributed by atoms with E-state index in [0.717, 1.165) is 6.42 Å². The van der Waals surface area contributed by atoms with Crippen molar-refractivity contribution in [3.63, 3.8) is 0 Å². The highest BCUT2D eigenvalue weighted by Gasteiger charge is 2.33. The van der Waals surface area contributed by atoms with Gasteiger partial charge in [0.25, 0.3) is 0 Å². The molecule has 1 fully saturated rings. The summed E-state index contributed by atoms with van der Waals surface area (Å²) in [5, 5.41) is 3.28. The summed E-state index contributed by atoms with van der Waals surface area (Å²) in [6, 6.07) is 5.47. The number of nitrogens with two attached hydrogens (primary N) is 1. The van der Waals surface area contributed by atoms with Gasteiger partial charge in [-0.25, -0.2) is 12.7 Å². The zero-order chi connectivity index (χ0) is 13.5. The van der Waals surface area contributed by atoms with Crippen LogP contribution in [0.3, 0.4) is 0 Å². The van der Waals surface area contributed by atoms with Crippen molar-refractivity contribution in [3.8, 4) is 0 Å². The van der Waals surface area contributed by atoms with Crippen molar-refractivity contribution in [3.05, 3.63) is 18.2 Å². The van der Waals surface area contributed by atoms with Crippen LogP contribution in [-0.2, 0) is 10.0 Å². The van der Waals surface area contributed by atoms with Crippen LogP contribution in [-0.4, -0.2) is 32.9 Å². The summed E-state index contributed by atoms with van der Waals surface area (Å²) in [6.07, 6.45) is 1.10. The minimum absolute atomic E-state index is 0.158. The first-order valence-electron chi connectivity index (χ1n) is 5.91. The van der Waals surface area contributed by atoms with E-state index in [1.54, 1.807) is 6.07 Å². The van der Waals surface area contributed by atoms with Crippen molar-refractivity contribution >= 4 is 21.4 Å². The van der Waals surface area contributed by atoms with E-state index >= 15 is 0 Å². The molecule has 0 bridgehead atoms. The second-order valence-electron chi connectivity index (χ2n) is 4.97. The predicted octanol–water partition coefficient (Wildman–Crippen LogP) is 1.34. The summed E-state index contributed by atoms with van der Waals surface area (Å²) >= 11 is 0. The predicted molar refractivity (Wildman–Crippen MR) is 72.9 cm³/mol. The SMILES string of the molecule is CC1CC1Nc1cccc(S(=O)(=O)N(C)C)c1N. The maximum Gasteiger partial charge on any atom is 0.244 e. The molecule has 100 valence electrons. The van der Waals surface area contributed by atoms with E-state index in [2.05, 4.69) is 12.2 Å². The number of hydrogen-bond acceptors (Lipinski definition) is 4. The minimum atomic E-state index is -3.49. The molecule has 2 unspecified atom stereocenters. The Morgan fingerprint density at radius 3 is 2.50 bits per heavy atom. The number of nitrogen functional groups attached to an aromatic ring is 1. The molecule has 1 aliphatic rings. The van der Waals surface area contributed by atoms with Crippen LogP contribution in [0.1, 0.15) is 13.3 Å². The molecule has 1 saturated carbocycles. The molecule has 1 aliphatic carbocycles. The number of nitrogens with one attached hydrogen (secondary N) is 1. The van der Waals surface area contributed by atoms with Gasteiger partial charge in [-0.2, -0.15) is 0 Å². The topological polar surface area (TPSA) is 75.4 Å². The van der Waals surface area contributed by atoms with Gasteiger partial charge in [0.1, 0.15) is 4.90 Å². The van der Waals surface area contributed by atoms with Crippen molar-refractivity contribution < 1.29 is 8.42 Å². The van der Waals surface area contributed by atoms with Gasteiger partial charge < -0.3 is 11.1 Å². The molecule has 2 atom stereocenters. The third-order valence-electron chi connectivity index (χ3n) is 3.28. The fraction of sp³-hybridized carbons (Fsp3) is 0.500. The van der Waals surface area contributed by atoms with Crippen LogP contribution in [0.5, 0.6) is 0 Å². The van der Waals surface area contributed by atoms with Gasteiger partial charge in [-0.05, 0) is 24.5 Å². The van der Waals surface area contributed by atoms with E-state index in [9.17, 15) is 8.42 Å². The Balaban J connectivity index is 2.36. The molecule has 18 heavy (non-hydrogen) atoms. The van der Waals surface area contributed by atoms with Gasteiger partial charge in [-0.3, -0.25) is 0 Å². The van der Waals surface area contributed by atoms with Crippen molar-refractivity contribution in [2.45, 2.75) is 24.3 Å². The lowest BCUT2D eigenvalue weighted by molar-refractivity contribution is 0.521. The van der Waals surface area contributed by atoms with Crippen LogP contribution in [0.25, 0.3) is 0 Å². The van der Waals surface area contributed by atoms with Crippen LogP contribution in [0.2, 0.25) is 0 Å². The van der Waals surface area contributed by atoms with E-state index in [1.165, 1.54) is 24.5 Å². The van der Waals surface area contributed by atoms with Crippen molar-refractivity contribution in [1.82, 2.24) is 4.31 Å². The van der Waals surface area contributed by atoms with Gasteiger partial charge in [0.15, 0.2) is 0 Å². The summed E-state index contributed by atoms with van der Waals surface area (Å²) in [6.45, 7) is 2.15. The number of benzene rings is 1. The maximum atomic E-state index is 12.1. The lowest BCUT2D eigenvalue weighted by Gasteiger charge is -2.16. The van der Waals surface area contributed by atoms with E-state index in [-0.39, 0.29) is 4.90 Å². The molecule has 6 heteroatoms. The monoisotopic (exact) mass is 269 g/mol. The largest absolute Gasteiger partial charge is 0.396 e. The average molecular weight is 269 g/mol. The molecule has 0 aromatic heterocycles. The third kappa shape index (κ3) is 2.30. The van der Waals surface area contributed by atoms with Gasteiger partial charge in [0, 0.05) is 20.1 Å². The molecule has 0 spiro atoms. The molecular weight excluding hydrogens is 250 g/mol. The molecular formula is C12H19N3O2S. The maximum absolute atomic E-state index is 12.1. The molecule has 0 aliphatic heterocycles. The first-order valence-corrected chi connectivity index (χ1v) is 7.35. The highest BCUT2D eigenvalue weighted by Crippen LogP contribution is 2.36. The number of hydrogen-bond donors (Lipinski definition) is 2. The van der Waals surface area contributed by atoms with Crippen molar-refractivity contribution in [2.24, 2.45) is 5.92 Å². The molecule has 0 heterocycles. The van der Waals surface area contributed by atoms with Crippen LogP contribution < -0.4 is 11.1 Å². The Morgan fingerprint density at radius 1 is 1.39 bits per heavy atom.